The number of para-hydroxylation sites is 2. The number of benzene rings is 1. The van der Waals surface area contributed by atoms with Crippen molar-refractivity contribution in [1.29, 1.82) is 0 Å². The van der Waals surface area contributed by atoms with Gasteiger partial charge in [-0.25, -0.2) is 0 Å². The SMILES string of the molecule is CC(C)C(Br)C(=O)N1CC(=O)Nc2ccccc21. The molecule has 1 aromatic rings. The minimum absolute atomic E-state index is 0.0741. The Morgan fingerprint density at radius 1 is 1.39 bits per heavy atom. The van der Waals surface area contributed by atoms with Crippen LogP contribution in [0.3, 0.4) is 0 Å². The molecular formula is C13H15BrN2O2. The van der Waals surface area contributed by atoms with Gasteiger partial charge in [-0.05, 0) is 18.1 Å². The molecule has 0 fully saturated rings. The van der Waals surface area contributed by atoms with Gasteiger partial charge in [0.2, 0.25) is 11.8 Å². The highest BCUT2D eigenvalue weighted by Crippen LogP contribution is 2.30. The van der Waals surface area contributed by atoms with E-state index in [1.807, 2.05) is 32.0 Å². The smallest absolute Gasteiger partial charge is 0.244 e. The molecule has 0 aromatic heterocycles. The normalized spacial score (nSPS) is 16.2. The van der Waals surface area contributed by atoms with Crippen LogP contribution >= 0.6 is 15.9 Å². The van der Waals surface area contributed by atoms with Crippen molar-refractivity contribution in [2.45, 2.75) is 18.7 Å². The van der Waals surface area contributed by atoms with E-state index in [9.17, 15) is 9.59 Å². The van der Waals surface area contributed by atoms with Crippen LogP contribution in [-0.2, 0) is 9.59 Å². The quantitative estimate of drug-likeness (QED) is 0.853. The van der Waals surface area contributed by atoms with Gasteiger partial charge in [0.05, 0.1) is 16.2 Å². The fourth-order valence-corrected chi connectivity index (χ4v) is 2.11. The number of alkyl halides is 1. The molecule has 0 spiro atoms. The molecule has 0 radical (unpaired) electrons. The van der Waals surface area contributed by atoms with Crippen LogP contribution < -0.4 is 10.2 Å². The second kappa shape index (κ2) is 5.10. The standard InChI is InChI=1S/C13H15BrN2O2/c1-8(2)12(14)13(18)16-7-11(17)15-9-5-3-4-6-10(9)16/h3-6,8,12H,7H2,1-2H3,(H,15,17). The van der Waals surface area contributed by atoms with Gasteiger partial charge in [0.15, 0.2) is 0 Å². The number of carbonyl (C=O) groups excluding carboxylic acids is 2. The number of nitrogens with one attached hydrogen (secondary N) is 1. The third-order valence-electron chi connectivity index (χ3n) is 2.86. The summed E-state index contributed by atoms with van der Waals surface area (Å²) in [5.74, 6) is -0.0625. The molecule has 0 bridgehead atoms. The third kappa shape index (κ3) is 2.41. The predicted octanol–water partition coefficient (Wildman–Crippen LogP) is 2.39. The zero-order chi connectivity index (χ0) is 13.3. The van der Waals surface area contributed by atoms with Crippen molar-refractivity contribution in [3.05, 3.63) is 24.3 Å². The third-order valence-corrected chi connectivity index (χ3v) is 4.31. The topological polar surface area (TPSA) is 49.4 Å². The minimum atomic E-state index is -0.281. The molecule has 1 aliphatic heterocycles. The monoisotopic (exact) mass is 310 g/mol. The van der Waals surface area contributed by atoms with Gasteiger partial charge < -0.3 is 5.32 Å². The fraction of sp³-hybridized carbons (Fsp3) is 0.385. The molecule has 1 unspecified atom stereocenters. The van der Waals surface area contributed by atoms with Crippen LogP contribution in [0.5, 0.6) is 0 Å². The highest BCUT2D eigenvalue weighted by molar-refractivity contribution is 9.10. The number of amides is 2. The van der Waals surface area contributed by atoms with E-state index in [4.69, 9.17) is 0 Å². The van der Waals surface area contributed by atoms with Gasteiger partial charge >= 0.3 is 0 Å². The van der Waals surface area contributed by atoms with E-state index >= 15 is 0 Å². The van der Waals surface area contributed by atoms with E-state index in [0.717, 1.165) is 5.69 Å². The van der Waals surface area contributed by atoms with Crippen molar-refractivity contribution in [1.82, 2.24) is 0 Å². The zero-order valence-electron chi connectivity index (χ0n) is 10.3. The highest BCUT2D eigenvalue weighted by Gasteiger charge is 2.31. The summed E-state index contributed by atoms with van der Waals surface area (Å²) < 4.78 is 0. The lowest BCUT2D eigenvalue weighted by Crippen LogP contribution is -2.46. The van der Waals surface area contributed by atoms with E-state index in [2.05, 4.69) is 21.2 Å². The van der Waals surface area contributed by atoms with Crippen LogP contribution in [0.2, 0.25) is 0 Å². The first-order valence-electron chi connectivity index (χ1n) is 5.85. The Kier molecular flexibility index (Phi) is 3.71. The molecule has 0 aliphatic carbocycles. The molecule has 2 amide bonds. The number of hydrogen-bond donors (Lipinski definition) is 1. The van der Waals surface area contributed by atoms with E-state index in [1.54, 1.807) is 6.07 Å². The zero-order valence-corrected chi connectivity index (χ0v) is 11.9. The van der Waals surface area contributed by atoms with Gasteiger partial charge in [-0.3, -0.25) is 14.5 Å². The van der Waals surface area contributed by atoms with Crippen LogP contribution in [0, 0.1) is 5.92 Å². The first kappa shape index (κ1) is 13.1. The molecule has 1 heterocycles. The average molecular weight is 311 g/mol. The van der Waals surface area contributed by atoms with Crippen molar-refractivity contribution < 1.29 is 9.59 Å². The number of rotatable bonds is 2. The van der Waals surface area contributed by atoms with Crippen LogP contribution in [-0.4, -0.2) is 23.2 Å². The Hall–Kier alpha value is -1.36. The molecule has 0 saturated heterocycles. The number of carbonyl (C=O) groups is 2. The van der Waals surface area contributed by atoms with Gasteiger partial charge in [0, 0.05) is 0 Å². The van der Waals surface area contributed by atoms with Crippen LogP contribution in [0.4, 0.5) is 11.4 Å². The van der Waals surface area contributed by atoms with E-state index < -0.39 is 0 Å². The van der Waals surface area contributed by atoms with Crippen molar-refractivity contribution in [3.8, 4) is 0 Å². The lowest BCUT2D eigenvalue weighted by Gasteiger charge is -2.31. The van der Waals surface area contributed by atoms with Gasteiger partial charge in [0.25, 0.3) is 0 Å². The Morgan fingerprint density at radius 3 is 2.72 bits per heavy atom. The maximum Gasteiger partial charge on any atom is 0.244 e. The Bertz CT molecular complexity index is 488. The van der Waals surface area contributed by atoms with Gasteiger partial charge in [0.1, 0.15) is 6.54 Å². The summed E-state index contributed by atoms with van der Waals surface area (Å²) in [6, 6.07) is 7.33. The summed E-state index contributed by atoms with van der Waals surface area (Å²) >= 11 is 3.39. The number of halogens is 1. The summed E-state index contributed by atoms with van der Waals surface area (Å²) in [5.41, 5.74) is 1.44. The molecular weight excluding hydrogens is 296 g/mol. The fourth-order valence-electron chi connectivity index (χ4n) is 1.86. The largest absolute Gasteiger partial charge is 0.323 e. The number of fused-ring (bicyclic) bond motifs is 1. The maximum absolute atomic E-state index is 12.3. The van der Waals surface area contributed by atoms with Gasteiger partial charge in [-0.2, -0.15) is 0 Å². The molecule has 4 nitrogen and oxygen atoms in total. The van der Waals surface area contributed by atoms with E-state index in [-0.39, 0.29) is 29.1 Å². The van der Waals surface area contributed by atoms with Crippen molar-refractivity contribution in [2.24, 2.45) is 5.92 Å². The van der Waals surface area contributed by atoms with Crippen molar-refractivity contribution in [3.63, 3.8) is 0 Å². The number of hydrogen-bond acceptors (Lipinski definition) is 2. The molecule has 96 valence electrons. The molecule has 18 heavy (non-hydrogen) atoms. The Morgan fingerprint density at radius 2 is 2.06 bits per heavy atom. The summed E-state index contributed by atoms with van der Waals surface area (Å²) in [7, 11) is 0. The highest BCUT2D eigenvalue weighted by atomic mass is 79.9. The number of nitrogens with zero attached hydrogens (tertiary/aromatic N) is 1. The van der Waals surface area contributed by atoms with E-state index in [1.165, 1.54) is 4.90 Å². The number of anilines is 2. The summed E-state index contributed by atoms with van der Waals surface area (Å²) in [6.45, 7) is 4.01. The van der Waals surface area contributed by atoms with Gasteiger partial charge in [-0.1, -0.05) is 41.9 Å². The maximum atomic E-state index is 12.3. The molecule has 1 aliphatic rings. The molecule has 2 rings (SSSR count). The van der Waals surface area contributed by atoms with E-state index in [0.29, 0.717) is 5.69 Å². The van der Waals surface area contributed by atoms with Crippen molar-refractivity contribution in [2.75, 3.05) is 16.8 Å². The summed E-state index contributed by atoms with van der Waals surface area (Å²) in [4.78, 5) is 25.2. The Labute approximate surface area is 114 Å². The minimum Gasteiger partial charge on any atom is -0.323 e. The molecule has 1 atom stereocenters. The average Bonchev–Trinajstić information content (AvgIpc) is 2.35. The second-order valence-electron chi connectivity index (χ2n) is 4.64. The second-order valence-corrected chi connectivity index (χ2v) is 5.62. The molecule has 0 saturated carbocycles. The molecule has 5 heteroatoms. The first-order chi connectivity index (χ1) is 8.50. The Balaban J connectivity index is 2.34. The van der Waals surface area contributed by atoms with Crippen LogP contribution in [0.1, 0.15) is 13.8 Å². The molecule has 1 N–H and O–H groups in total. The molecule has 1 aromatic carbocycles. The van der Waals surface area contributed by atoms with Gasteiger partial charge in [-0.15, -0.1) is 0 Å². The van der Waals surface area contributed by atoms with Crippen molar-refractivity contribution >= 4 is 39.1 Å². The van der Waals surface area contributed by atoms with Crippen LogP contribution in [0.25, 0.3) is 0 Å². The lowest BCUT2D eigenvalue weighted by molar-refractivity contribution is -0.121. The summed E-state index contributed by atoms with van der Waals surface area (Å²) in [6.07, 6.45) is 0. The summed E-state index contributed by atoms with van der Waals surface area (Å²) in [5, 5.41) is 2.76. The predicted molar refractivity (Wildman–Crippen MR) is 75.0 cm³/mol. The lowest BCUT2D eigenvalue weighted by atomic mass is 10.1. The first-order valence-corrected chi connectivity index (χ1v) is 6.76. The van der Waals surface area contributed by atoms with Crippen LogP contribution in [0.15, 0.2) is 24.3 Å².